The van der Waals surface area contributed by atoms with Crippen LogP contribution in [0.25, 0.3) is 5.52 Å². The lowest BCUT2D eigenvalue weighted by Gasteiger charge is -2.07. The standard InChI is InChI=1S/C9H12N4/c1-7(4-10)8-2-3-9-5-11-12-13(9)6-8/h2-3,5-7H,4,10H2,1H3. The van der Waals surface area contributed by atoms with Crippen molar-refractivity contribution >= 4 is 5.52 Å². The number of nitrogens with zero attached hydrogens (tertiary/aromatic N) is 3. The molecule has 0 saturated carbocycles. The van der Waals surface area contributed by atoms with Crippen molar-refractivity contribution in [2.75, 3.05) is 6.54 Å². The molecule has 0 aliphatic rings. The summed E-state index contributed by atoms with van der Waals surface area (Å²) in [5.41, 5.74) is 7.78. The highest BCUT2D eigenvalue weighted by molar-refractivity contribution is 5.44. The lowest BCUT2D eigenvalue weighted by Crippen LogP contribution is -2.09. The number of fused-ring (bicyclic) bond motifs is 1. The largest absolute Gasteiger partial charge is 0.330 e. The maximum Gasteiger partial charge on any atom is 0.0865 e. The van der Waals surface area contributed by atoms with Crippen molar-refractivity contribution in [3.8, 4) is 0 Å². The van der Waals surface area contributed by atoms with Gasteiger partial charge in [-0.3, -0.25) is 0 Å². The molecular formula is C9H12N4. The summed E-state index contributed by atoms with van der Waals surface area (Å²) in [7, 11) is 0. The highest BCUT2D eigenvalue weighted by atomic mass is 15.4. The Hall–Kier alpha value is -1.42. The van der Waals surface area contributed by atoms with Crippen LogP contribution in [0.4, 0.5) is 0 Å². The Morgan fingerprint density at radius 3 is 3.15 bits per heavy atom. The highest BCUT2D eigenvalue weighted by Crippen LogP contribution is 2.13. The van der Waals surface area contributed by atoms with E-state index in [1.54, 1.807) is 10.7 Å². The van der Waals surface area contributed by atoms with Crippen LogP contribution in [0.3, 0.4) is 0 Å². The molecule has 0 saturated heterocycles. The van der Waals surface area contributed by atoms with Gasteiger partial charge in [-0.2, -0.15) is 0 Å². The van der Waals surface area contributed by atoms with Crippen molar-refractivity contribution in [3.63, 3.8) is 0 Å². The van der Waals surface area contributed by atoms with Crippen LogP contribution in [0, 0.1) is 0 Å². The smallest absolute Gasteiger partial charge is 0.0865 e. The summed E-state index contributed by atoms with van der Waals surface area (Å²) in [6, 6.07) is 4.07. The zero-order valence-corrected chi connectivity index (χ0v) is 7.51. The molecule has 0 fully saturated rings. The Morgan fingerprint density at radius 2 is 2.38 bits per heavy atom. The fraction of sp³-hybridized carbons (Fsp3) is 0.333. The fourth-order valence-electron chi connectivity index (χ4n) is 1.26. The van der Waals surface area contributed by atoms with Gasteiger partial charge in [-0.1, -0.05) is 18.2 Å². The molecule has 68 valence electrons. The second-order valence-corrected chi connectivity index (χ2v) is 3.20. The minimum Gasteiger partial charge on any atom is -0.330 e. The first-order valence-electron chi connectivity index (χ1n) is 4.31. The van der Waals surface area contributed by atoms with Crippen molar-refractivity contribution in [2.24, 2.45) is 5.73 Å². The van der Waals surface area contributed by atoms with Crippen molar-refractivity contribution < 1.29 is 0 Å². The summed E-state index contributed by atoms with van der Waals surface area (Å²) in [5.74, 6) is 0.369. The van der Waals surface area contributed by atoms with E-state index in [2.05, 4.69) is 23.3 Å². The molecule has 4 heteroatoms. The summed E-state index contributed by atoms with van der Waals surface area (Å²) in [5, 5.41) is 7.73. The quantitative estimate of drug-likeness (QED) is 0.736. The average molecular weight is 176 g/mol. The lowest BCUT2D eigenvalue weighted by atomic mass is 10.0. The van der Waals surface area contributed by atoms with Gasteiger partial charge in [-0.25, -0.2) is 4.52 Å². The van der Waals surface area contributed by atoms with Crippen LogP contribution in [0.2, 0.25) is 0 Å². The summed E-state index contributed by atoms with van der Waals surface area (Å²) in [6.45, 7) is 2.75. The van der Waals surface area contributed by atoms with Gasteiger partial charge in [0.2, 0.25) is 0 Å². The summed E-state index contributed by atoms with van der Waals surface area (Å²) in [4.78, 5) is 0. The van der Waals surface area contributed by atoms with Crippen LogP contribution in [0.1, 0.15) is 18.4 Å². The van der Waals surface area contributed by atoms with Crippen LogP contribution in [0.15, 0.2) is 24.5 Å². The molecule has 1 atom stereocenters. The molecule has 2 aromatic rings. The third-order valence-electron chi connectivity index (χ3n) is 2.24. The normalized spacial score (nSPS) is 13.4. The molecule has 0 amide bonds. The van der Waals surface area contributed by atoms with Crippen molar-refractivity contribution in [3.05, 3.63) is 30.1 Å². The third-order valence-corrected chi connectivity index (χ3v) is 2.24. The van der Waals surface area contributed by atoms with E-state index in [9.17, 15) is 0 Å². The van der Waals surface area contributed by atoms with Gasteiger partial charge in [-0.15, -0.1) is 5.10 Å². The van der Waals surface area contributed by atoms with Crippen molar-refractivity contribution in [1.82, 2.24) is 14.8 Å². The Kier molecular flexibility index (Phi) is 1.98. The molecule has 2 heterocycles. The topological polar surface area (TPSA) is 56.2 Å². The molecule has 2 aromatic heterocycles. The Bertz CT molecular complexity index is 407. The van der Waals surface area contributed by atoms with E-state index < -0.39 is 0 Å². The number of pyridine rings is 1. The highest BCUT2D eigenvalue weighted by Gasteiger charge is 2.04. The maximum absolute atomic E-state index is 5.58. The van der Waals surface area contributed by atoms with Crippen LogP contribution in [0.5, 0.6) is 0 Å². The van der Waals surface area contributed by atoms with Gasteiger partial charge >= 0.3 is 0 Å². The van der Waals surface area contributed by atoms with Gasteiger partial charge in [0.1, 0.15) is 0 Å². The minimum absolute atomic E-state index is 0.369. The molecule has 0 radical (unpaired) electrons. The van der Waals surface area contributed by atoms with Crippen molar-refractivity contribution in [2.45, 2.75) is 12.8 Å². The maximum atomic E-state index is 5.58. The molecule has 0 spiro atoms. The molecule has 0 bridgehead atoms. The predicted molar refractivity (Wildman–Crippen MR) is 50.5 cm³/mol. The van der Waals surface area contributed by atoms with Gasteiger partial charge in [-0.05, 0) is 24.1 Å². The van der Waals surface area contributed by atoms with Gasteiger partial charge in [0, 0.05) is 6.20 Å². The van der Waals surface area contributed by atoms with Gasteiger partial charge in [0.05, 0.1) is 11.7 Å². The summed E-state index contributed by atoms with van der Waals surface area (Å²) >= 11 is 0. The average Bonchev–Trinajstić information content (AvgIpc) is 2.63. The minimum atomic E-state index is 0.369. The zero-order valence-electron chi connectivity index (χ0n) is 7.51. The molecule has 0 aliphatic heterocycles. The molecule has 13 heavy (non-hydrogen) atoms. The van der Waals surface area contributed by atoms with Gasteiger partial charge in [0.15, 0.2) is 0 Å². The van der Waals surface area contributed by atoms with E-state index in [4.69, 9.17) is 5.73 Å². The zero-order chi connectivity index (χ0) is 9.26. The van der Waals surface area contributed by atoms with E-state index in [0.29, 0.717) is 12.5 Å². The van der Waals surface area contributed by atoms with Gasteiger partial charge < -0.3 is 5.73 Å². The number of hydrogen-bond acceptors (Lipinski definition) is 3. The fourth-order valence-corrected chi connectivity index (χ4v) is 1.26. The van der Waals surface area contributed by atoms with E-state index in [1.807, 2.05) is 12.3 Å². The molecule has 2 rings (SSSR count). The van der Waals surface area contributed by atoms with Crippen LogP contribution < -0.4 is 5.73 Å². The second kappa shape index (κ2) is 3.14. The lowest BCUT2D eigenvalue weighted by molar-refractivity contribution is 0.753. The Morgan fingerprint density at radius 1 is 1.54 bits per heavy atom. The number of rotatable bonds is 2. The van der Waals surface area contributed by atoms with Gasteiger partial charge in [0.25, 0.3) is 0 Å². The molecule has 4 nitrogen and oxygen atoms in total. The first-order chi connectivity index (χ1) is 6.31. The van der Waals surface area contributed by atoms with E-state index in [1.165, 1.54) is 5.56 Å². The summed E-state index contributed by atoms with van der Waals surface area (Å²) < 4.78 is 1.77. The SMILES string of the molecule is CC(CN)c1ccc2cnnn2c1. The Labute approximate surface area is 76.4 Å². The van der Waals surface area contributed by atoms with Crippen LogP contribution in [-0.4, -0.2) is 21.4 Å². The molecule has 0 aliphatic carbocycles. The van der Waals surface area contributed by atoms with Crippen molar-refractivity contribution in [1.29, 1.82) is 0 Å². The monoisotopic (exact) mass is 176 g/mol. The van der Waals surface area contributed by atoms with Crippen LogP contribution >= 0.6 is 0 Å². The second-order valence-electron chi connectivity index (χ2n) is 3.20. The van der Waals surface area contributed by atoms with E-state index >= 15 is 0 Å². The Balaban J connectivity index is 2.48. The molecule has 0 aromatic carbocycles. The number of aromatic nitrogens is 3. The molecular weight excluding hydrogens is 164 g/mol. The van der Waals surface area contributed by atoms with Crippen LogP contribution in [-0.2, 0) is 0 Å². The molecule has 2 N–H and O–H groups in total. The molecule has 1 unspecified atom stereocenters. The van der Waals surface area contributed by atoms with E-state index in [-0.39, 0.29) is 0 Å². The predicted octanol–water partition coefficient (Wildman–Crippen LogP) is 0.792. The first kappa shape index (κ1) is 8.19. The third kappa shape index (κ3) is 1.40. The summed E-state index contributed by atoms with van der Waals surface area (Å²) in [6.07, 6.45) is 3.71. The van der Waals surface area contributed by atoms with E-state index in [0.717, 1.165) is 5.52 Å². The first-order valence-corrected chi connectivity index (χ1v) is 4.31. The number of hydrogen-bond donors (Lipinski definition) is 1. The number of nitrogens with two attached hydrogens (primary N) is 1.